The molecule has 2 aromatic rings. The Morgan fingerprint density at radius 2 is 1.80 bits per heavy atom. The van der Waals surface area contributed by atoms with Crippen LogP contribution in [0.4, 0.5) is 0 Å². The van der Waals surface area contributed by atoms with E-state index in [0.29, 0.717) is 5.75 Å². The van der Waals surface area contributed by atoms with Crippen LogP contribution in [0.1, 0.15) is 5.69 Å². The van der Waals surface area contributed by atoms with E-state index in [9.17, 15) is 8.42 Å². The van der Waals surface area contributed by atoms with Gasteiger partial charge in [0.25, 0.3) is 0 Å². The molecule has 0 aliphatic carbocycles. The Morgan fingerprint density at radius 1 is 1.20 bits per heavy atom. The minimum Gasteiger partial charge on any atom is -0.437 e. The number of nitrogens with two attached hydrogens (primary N) is 1. The molecule has 0 amide bonds. The first-order valence-corrected chi connectivity index (χ1v) is 7.76. The maximum atomic E-state index is 11.3. The molecule has 0 saturated heterocycles. The van der Waals surface area contributed by atoms with Crippen molar-refractivity contribution in [2.45, 2.75) is 4.90 Å². The third-order valence-electron chi connectivity index (χ3n) is 2.36. The second-order valence-electron chi connectivity index (χ2n) is 3.92. The van der Waals surface area contributed by atoms with E-state index in [-0.39, 0.29) is 21.5 Å². The van der Waals surface area contributed by atoms with Crippen molar-refractivity contribution in [1.82, 2.24) is 9.97 Å². The zero-order valence-electron chi connectivity index (χ0n) is 10.5. The predicted octanol–water partition coefficient (Wildman–Crippen LogP) is 1.31. The summed E-state index contributed by atoms with van der Waals surface area (Å²) in [6.07, 6.45) is 4.03. The SMILES string of the molecule is CS(=O)(=O)c1ccc(Oc2nccnc2C(N)=S)cc1. The average molecular weight is 309 g/mol. The van der Waals surface area contributed by atoms with Crippen LogP contribution in [0, 0.1) is 0 Å². The van der Waals surface area contributed by atoms with Crippen molar-refractivity contribution < 1.29 is 13.2 Å². The van der Waals surface area contributed by atoms with Gasteiger partial charge in [-0.15, -0.1) is 0 Å². The number of sulfone groups is 1. The van der Waals surface area contributed by atoms with Crippen molar-refractivity contribution in [2.75, 3.05) is 6.26 Å². The molecule has 0 aliphatic rings. The predicted molar refractivity (Wildman–Crippen MR) is 77.5 cm³/mol. The van der Waals surface area contributed by atoms with Crippen LogP contribution in [0.25, 0.3) is 0 Å². The molecule has 0 bridgehead atoms. The lowest BCUT2D eigenvalue weighted by molar-refractivity contribution is 0.458. The van der Waals surface area contributed by atoms with E-state index >= 15 is 0 Å². The van der Waals surface area contributed by atoms with Crippen molar-refractivity contribution in [3.05, 3.63) is 42.4 Å². The lowest BCUT2D eigenvalue weighted by atomic mass is 10.3. The molecule has 1 aromatic heterocycles. The van der Waals surface area contributed by atoms with Crippen LogP contribution in [0.3, 0.4) is 0 Å². The first-order chi connectivity index (χ1) is 9.38. The second-order valence-corrected chi connectivity index (χ2v) is 6.38. The fourth-order valence-electron chi connectivity index (χ4n) is 1.44. The van der Waals surface area contributed by atoms with E-state index in [0.717, 1.165) is 6.26 Å². The summed E-state index contributed by atoms with van der Waals surface area (Å²) in [5.41, 5.74) is 5.79. The van der Waals surface area contributed by atoms with Crippen LogP contribution >= 0.6 is 12.2 Å². The smallest absolute Gasteiger partial charge is 0.248 e. The molecule has 0 aliphatic heterocycles. The van der Waals surface area contributed by atoms with E-state index in [1.165, 1.54) is 36.7 Å². The fraction of sp³-hybridized carbons (Fsp3) is 0.0833. The number of ether oxygens (including phenoxy) is 1. The van der Waals surface area contributed by atoms with Crippen molar-refractivity contribution in [3.63, 3.8) is 0 Å². The number of aromatic nitrogens is 2. The Morgan fingerprint density at radius 3 is 2.35 bits per heavy atom. The highest BCUT2D eigenvalue weighted by Gasteiger charge is 2.11. The Balaban J connectivity index is 2.30. The molecule has 104 valence electrons. The Kier molecular flexibility index (Phi) is 3.96. The number of thiocarbonyl (C=S) groups is 1. The van der Waals surface area contributed by atoms with E-state index in [1.807, 2.05) is 0 Å². The van der Waals surface area contributed by atoms with Crippen LogP contribution in [0.5, 0.6) is 11.6 Å². The topological polar surface area (TPSA) is 95.2 Å². The summed E-state index contributed by atoms with van der Waals surface area (Å²) >= 11 is 4.85. The molecular weight excluding hydrogens is 298 g/mol. The standard InChI is InChI=1S/C12H11N3O3S2/c1-20(16,17)9-4-2-8(3-5-9)18-12-10(11(13)19)14-6-7-15-12/h2-7H,1H3,(H2,13,19). The number of benzene rings is 1. The first-order valence-electron chi connectivity index (χ1n) is 5.47. The van der Waals surface area contributed by atoms with E-state index in [4.69, 9.17) is 22.7 Å². The minimum absolute atomic E-state index is 0.0702. The normalized spacial score (nSPS) is 11.1. The molecule has 0 radical (unpaired) electrons. The van der Waals surface area contributed by atoms with E-state index in [2.05, 4.69) is 9.97 Å². The second kappa shape index (κ2) is 5.51. The molecule has 2 N–H and O–H groups in total. The molecular formula is C12H11N3O3S2. The number of nitrogens with zero attached hydrogens (tertiary/aromatic N) is 2. The molecule has 0 spiro atoms. The minimum atomic E-state index is -3.24. The Labute approximate surface area is 121 Å². The third kappa shape index (κ3) is 3.28. The van der Waals surface area contributed by atoms with Gasteiger partial charge < -0.3 is 10.5 Å². The van der Waals surface area contributed by atoms with Gasteiger partial charge in [0.15, 0.2) is 15.5 Å². The zero-order chi connectivity index (χ0) is 14.8. The molecule has 6 nitrogen and oxygen atoms in total. The average Bonchev–Trinajstić information content (AvgIpc) is 2.38. The molecule has 20 heavy (non-hydrogen) atoms. The van der Waals surface area contributed by atoms with Gasteiger partial charge in [-0.05, 0) is 24.3 Å². The van der Waals surface area contributed by atoms with Gasteiger partial charge in [0.1, 0.15) is 10.7 Å². The molecule has 2 rings (SSSR count). The fourth-order valence-corrected chi connectivity index (χ4v) is 2.21. The molecule has 0 saturated carbocycles. The number of rotatable bonds is 4. The van der Waals surface area contributed by atoms with Crippen molar-refractivity contribution >= 4 is 27.0 Å². The lowest BCUT2D eigenvalue weighted by Gasteiger charge is -2.08. The van der Waals surface area contributed by atoms with Gasteiger partial charge in [-0.3, -0.25) is 0 Å². The van der Waals surface area contributed by atoms with Crippen LogP contribution < -0.4 is 10.5 Å². The maximum Gasteiger partial charge on any atom is 0.248 e. The molecule has 8 heteroatoms. The molecule has 0 unspecified atom stereocenters. The quantitative estimate of drug-likeness (QED) is 0.851. The highest BCUT2D eigenvalue weighted by atomic mass is 32.2. The summed E-state index contributed by atoms with van der Waals surface area (Å²) in [5, 5.41) is 0. The van der Waals surface area contributed by atoms with Crippen molar-refractivity contribution in [3.8, 4) is 11.6 Å². The Bertz CT molecular complexity index is 743. The van der Waals surface area contributed by atoms with Gasteiger partial charge in [-0.2, -0.15) is 0 Å². The summed E-state index contributed by atoms with van der Waals surface area (Å²) in [5.74, 6) is 0.586. The van der Waals surface area contributed by atoms with Crippen LogP contribution in [-0.4, -0.2) is 29.6 Å². The summed E-state index contributed by atoms with van der Waals surface area (Å²) in [4.78, 5) is 8.25. The number of hydrogen-bond donors (Lipinski definition) is 1. The van der Waals surface area contributed by atoms with E-state index in [1.54, 1.807) is 0 Å². The lowest BCUT2D eigenvalue weighted by Crippen LogP contribution is -2.13. The number of hydrogen-bond acceptors (Lipinski definition) is 6. The summed E-state index contributed by atoms with van der Waals surface area (Å²) in [6.45, 7) is 0. The maximum absolute atomic E-state index is 11.3. The first kappa shape index (κ1) is 14.4. The van der Waals surface area contributed by atoms with Gasteiger partial charge in [-0.1, -0.05) is 12.2 Å². The van der Waals surface area contributed by atoms with Gasteiger partial charge in [0.05, 0.1) is 4.90 Å². The largest absolute Gasteiger partial charge is 0.437 e. The highest BCUT2D eigenvalue weighted by molar-refractivity contribution is 7.90. The summed E-state index contributed by atoms with van der Waals surface area (Å²) < 4.78 is 28.2. The molecule has 1 aromatic carbocycles. The zero-order valence-corrected chi connectivity index (χ0v) is 12.1. The monoisotopic (exact) mass is 309 g/mol. The summed E-state index contributed by atoms with van der Waals surface area (Å²) in [6, 6.07) is 5.94. The van der Waals surface area contributed by atoms with Gasteiger partial charge in [-0.25, -0.2) is 18.4 Å². The van der Waals surface area contributed by atoms with Crippen molar-refractivity contribution in [1.29, 1.82) is 0 Å². The van der Waals surface area contributed by atoms with Gasteiger partial charge >= 0.3 is 0 Å². The molecule has 0 fully saturated rings. The van der Waals surface area contributed by atoms with Crippen LogP contribution in [-0.2, 0) is 9.84 Å². The van der Waals surface area contributed by atoms with E-state index < -0.39 is 9.84 Å². The molecule has 1 heterocycles. The van der Waals surface area contributed by atoms with Crippen molar-refractivity contribution in [2.24, 2.45) is 5.73 Å². The van der Waals surface area contributed by atoms with Crippen LogP contribution in [0.2, 0.25) is 0 Å². The molecule has 0 atom stereocenters. The summed E-state index contributed by atoms with van der Waals surface area (Å²) in [7, 11) is -3.24. The third-order valence-corrected chi connectivity index (χ3v) is 3.69. The highest BCUT2D eigenvalue weighted by Crippen LogP contribution is 2.23. The van der Waals surface area contributed by atoms with Gasteiger partial charge in [0, 0.05) is 18.6 Å². The van der Waals surface area contributed by atoms with Gasteiger partial charge in [0.2, 0.25) is 5.88 Å². The Hall–Kier alpha value is -2.06. The van der Waals surface area contributed by atoms with Crippen LogP contribution in [0.15, 0.2) is 41.6 Å².